The minimum absolute atomic E-state index is 0.116. The van der Waals surface area contributed by atoms with E-state index in [2.05, 4.69) is 4.90 Å². The maximum atomic E-state index is 12.8. The summed E-state index contributed by atoms with van der Waals surface area (Å²) in [6.07, 6.45) is 2.32. The number of nitrogens with zero attached hydrogens (tertiary/aromatic N) is 3. The lowest BCUT2D eigenvalue weighted by molar-refractivity contribution is -0.133. The minimum atomic E-state index is -3.49. The summed E-state index contributed by atoms with van der Waals surface area (Å²) in [5, 5.41) is 0. The first-order chi connectivity index (χ1) is 11.9. The fourth-order valence-corrected chi connectivity index (χ4v) is 4.94. The van der Waals surface area contributed by atoms with Gasteiger partial charge in [0.2, 0.25) is 15.9 Å². The van der Waals surface area contributed by atoms with Gasteiger partial charge in [-0.25, -0.2) is 8.42 Å². The number of carbonyl (C=O) groups is 1. The third kappa shape index (κ3) is 4.04. The lowest BCUT2D eigenvalue weighted by Crippen LogP contribution is -2.52. The smallest absolute Gasteiger partial charge is 0.243 e. The Kier molecular flexibility index (Phi) is 5.46. The Labute approximate surface area is 150 Å². The van der Waals surface area contributed by atoms with Crippen LogP contribution in [0.5, 0.6) is 0 Å². The zero-order chi connectivity index (χ0) is 18.0. The van der Waals surface area contributed by atoms with Gasteiger partial charge in [0.05, 0.1) is 11.4 Å². The largest absolute Gasteiger partial charge is 0.339 e. The number of carbonyl (C=O) groups excluding carboxylic acids is 1. The summed E-state index contributed by atoms with van der Waals surface area (Å²) >= 11 is 0. The molecule has 2 fully saturated rings. The molecular weight excluding hydrogens is 338 g/mol. The van der Waals surface area contributed by atoms with Crippen molar-refractivity contribution in [3.8, 4) is 0 Å². The third-order valence-corrected chi connectivity index (χ3v) is 7.16. The Morgan fingerprint density at radius 3 is 2.20 bits per heavy atom. The summed E-state index contributed by atoms with van der Waals surface area (Å²) in [5.74, 6) is 0.116. The topological polar surface area (TPSA) is 60.9 Å². The van der Waals surface area contributed by atoms with Crippen LogP contribution in [-0.4, -0.2) is 74.2 Å². The van der Waals surface area contributed by atoms with Gasteiger partial charge in [0.25, 0.3) is 0 Å². The van der Waals surface area contributed by atoms with Crippen molar-refractivity contribution < 1.29 is 13.2 Å². The van der Waals surface area contributed by atoms with Crippen LogP contribution in [-0.2, 0) is 14.8 Å². The molecule has 0 unspecified atom stereocenters. The normalized spacial score (nSPS) is 20.2. The molecule has 1 amide bonds. The number of hydrogen-bond donors (Lipinski definition) is 0. The molecule has 0 aromatic heterocycles. The molecule has 25 heavy (non-hydrogen) atoms. The zero-order valence-corrected chi connectivity index (χ0v) is 15.9. The lowest BCUT2D eigenvalue weighted by Gasteiger charge is -2.34. The van der Waals surface area contributed by atoms with Gasteiger partial charge in [-0.3, -0.25) is 9.69 Å². The Balaban J connectivity index is 1.60. The SMILES string of the molecule is Cc1ccc(S(=O)(=O)N2CCN(C(=O)CN3CCCC3)CC2)cc1C. The summed E-state index contributed by atoms with van der Waals surface area (Å²) in [5.41, 5.74) is 2.05. The summed E-state index contributed by atoms with van der Waals surface area (Å²) < 4.78 is 27.1. The van der Waals surface area contributed by atoms with Crippen LogP contribution in [0.4, 0.5) is 0 Å². The van der Waals surface area contributed by atoms with E-state index in [1.54, 1.807) is 17.0 Å². The van der Waals surface area contributed by atoms with E-state index < -0.39 is 10.0 Å². The molecule has 0 bridgehead atoms. The van der Waals surface area contributed by atoms with Crippen molar-refractivity contribution >= 4 is 15.9 Å². The Morgan fingerprint density at radius 1 is 0.960 bits per heavy atom. The predicted octanol–water partition coefficient (Wildman–Crippen LogP) is 1.23. The Bertz CT molecular complexity index is 734. The molecule has 0 N–H and O–H groups in total. The number of piperazine rings is 1. The fourth-order valence-electron chi connectivity index (χ4n) is 3.43. The van der Waals surface area contributed by atoms with Crippen LogP contribution in [0.1, 0.15) is 24.0 Å². The highest BCUT2D eigenvalue weighted by atomic mass is 32.2. The number of aryl methyl sites for hydroxylation is 2. The lowest BCUT2D eigenvalue weighted by atomic mass is 10.1. The fraction of sp³-hybridized carbons (Fsp3) is 0.611. The van der Waals surface area contributed by atoms with E-state index in [4.69, 9.17) is 0 Å². The van der Waals surface area contributed by atoms with E-state index in [1.807, 2.05) is 19.9 Å². The highest BCUT2D eigenvalue weighted by Gasteiger charge is 2.30. The van der Waals surface area contributed by atoms with Crippen molar-refractivity contribution in [1.29, 1.82) is 0 Å². The van der Waals surface area contributed by atoms with Crippen LogP contribution >= 0.6 is 0 Å². The maximum absolute atomic E-state index is 12.8. The zero-order valence-electron chi connectivity index (χ0n) is 15.1. The Morgan fingerprint density at radius 2 is 1.60 bits per heavy atom. The van der Waals surface area contributed by atoms with Gasteiger partial charge in [-0.1, -0.05) is 6.07 Å². The second kappa shape index (κ2) is 7.43. The molecular formula is C18H27N3O3S. The van der Waals surface area contributed by atoms with E-state index in [1.165, 1.54) is 4.31 Å². The van der Waals surface area contributed by atoms with Gasteiger partial charge in [-0.05, 0) is 63.0 Å². The highest BCUT2D eigenvalue weighted by Crippen LogP contribution is 2.20. The number of likely N-dealkylation sites (tertiary alicyclic amines) is 1. The highest BCUT2D eigenvalue weighted by molar-refractivity contribution is 7.89. The average molecular weight is 365 g/mol. The van der Waals surface area contributed by atoms with Gasteiger partial charge < -0.3 is 4.90 Å². The Hall–Kier alpha value is -1.44. The third-order valence-electron chi connectivity index (χ3n) is 5.27. The molecule has 2 saturated heterocycles. The minimum Gasteiger partial charge on any atom is -0.339 e. The van der Waals surface area contributed by atoms with Crippen molar-refractivity contribution in [3.63, 3.8) is 0 Å². The predicted molar refractivity (Wildman–Crippen MR) is 96.9 cm³/mol. The van der Waals surface area contributed by atoms with Crippen LogP contribution in [0.15, 0.2) is 23.1 Å². The summed E-state index contributed by atoms with van der Waals surface area (Å²) in [4.78, 5) is 16.7. The second-order valence-corrected chi connectivity index (χ2v) is 8.95. The summed E-state index contributed by atoms with van der Waals surface area (Å²) in [6, 6.07) is 5.25. The van der Waals surface area contributed by atoms with Crippen molar-refractivity contribution in [1.82, 2.24) is 14.1 Å². The van der Waals surface area contributed by atoms with E-state index >= 15 is 0 Å². The van der Waals surface area contributed by atoms with E-state index in [-0.39, 0.29) is 5.91 Å². The van der Waals surface area contributed by atoms with Gasteiger partial charge in [0.15, 0.2) is 0 Å². The van der Waals surface area contributed by atoms with E-state index in [0.29, 0.717) is 37.6 Å². The maximum Gasteiger partial charge on any atom is 0.243 e. The van der Waals surface area contributed by atoms with Gasteiger partial charge in [0.1, 0.15) is 0 Å². The molecule has 0 aliphatic carbocycles. The number of rotatable bonds is 4. The van der Waals surface area contributed by atoms with Crippen molar-refractivity contribution in [3.05, 3.63) is 29.3 Å². The molecule has 0 atom stereocenters. The first-order valence-corrected chi connectivity index (χ1v) is 10.4. The number of amides is 1. The molecule has 2 heterocycles. The number of benzene rings is 1. The van der Waals surface area contributed by atoms with Gasteiger partial charge >= 0.3 is 0 Å². The summed E-state index contributed by atoms with van der Waals surface area (Å²) in [6.45, 7) is 8.00. The van der Waals surface area contributed by atoms with Crippen LogP contribution in [0.2, 0.25) is 0 Å². The van der Waals surface area contributed by atoms with Crippen LogP contribution in [0.25, 0.3) is 0 Å². The first-order valence-electron chi connectivity index (χ1n) is 8.95. The monoisotopic (exact) mass is 365 g/mol. The average Bonchev–Trinajstić information content (AvgIpc) is 3.10. The summed E-state index contributed by atoms with van der Waals surface area (Å²) in [7, 11) is -3.49. The number of sulfonamides is 1. The molecule has 0 saturated carbocycles. The van der Waals surface area contributed by atoms with Crippen LogP contribution in [0, 0.1) is 13.8 Å². The van der Waals surface area contributed by atoms with Crippen molar-refractivity contribution in [2.45, 2.75) is 31.6 Å². The molecule has 1 aromatic rings. The first kappa shape index (κ1) is 18.4. The van der Waals surface area contributed by atoms with Crippen molar-refractivity contribution in [2.24, 2.45) is 0 Å². The molecule has 6 nitrogen and oxygen atoms in total. The molecule has 138 valence electrons. The van der Waals surface area contributed by atoms with Crippen molar-refractivity contribution in [2.75, 3.05) is 45.8 Å². The molecule has 3 rings (SSSR count). The van der Waals surface area contributed by atoms with E-state index in [9.17, 15) is 13.2 Å². The molecule has 2 aliphatic heterocycles. The van der Waals surface area contributed by atoms with Crippen LogP contribution in [0.3, 0.4) is 0 Å². The quantitative estimate of drug-likeness (QED) is 0.805. The molecule has 0 spiro atoms. The van der Waals surface area contributed by atoms with Crippen LogP contribution < -0.4 is 0 Å². The van der Waals surface area contributed by atoms with E-state index in [0.717, 1.165) is 37.1 Å². The van der Waals surface area contributed by atoms with Gasteiger partial charge in [0, 0.05) is 26.2 Å². The number of hydrogen-bond acceptors (Lipinski definition) is 4. The second-order valence-electron chi connectivity index (χ2n) is 7.01. The molecule has 0 radical (unpaired) electrons. The molecule has 1 aromatic carbocycles. The van der Waals surface area contributed by atoms with Gasteiger partial charge in [-0.2, -0.15) is 4.31 Å². The molecule has 2 aliphatic rings. The molecule has 7 heteroatoms. The van der Waals surface area contributed by atoms with Gasteiger partial charge in [-0.15, -0.1) is 0 Å². The standard InChI is InChI=1S/C18H27N3O3S/c1-15-5-6-17(13-16(15)2)25(23,24)21-11-9-20(10-12-21)18(22)14-19-7-3-4-8-19/h5-6,13H,3-4,7-12,14H2,1-2H3.